The fourth-order valence-electron chi connectivity index (χ4n) is 1.69. The van der Waals surface area contributed by atoms with Crippen molar-refractivity contribution in [2.24, 2.45) is 0 Å². The summed E-state index contributed by atoms with van der Waals surface area (Å²) in [5.41, 5.74) is 0.620. The lowest BCUT2D eigenvalue weighted by Gasteiger charge is -2.07. The van der Waals surface area contributed by atoms with E-state index in [4.69, 9.17) is 4.74 Å². The van der Waals surface area contributed by atoms with Crippen molar-refractivity contribution >= 4 is 29.3 Å². The lowest BCUT2D eigenvalue weighted by molar-refractivity contribution is -0.136. The predicted molar refractivity (Wildman–Crippen MR) is 90.2 cm³/mol. The topological polar surface area (TPSA) is 67.4 Å². The van der Waals surface area contributed by atoms with Crippen LogP contribution in [-0.4, -0.2) is 37.8 Å². The molecule has 0 aliphatic carbocycles. The Labute approximate surface area is 136 Å². The molecule has 0 heterocycles. The van der Waals surface area contributed by atoms with E-state index in [0.29, 0.717) is 25.3 Å². The molecule has 0 spiro atoms. The lowest BCUT2D eigenvalue weighted by atomic mass is 10.3. The molecular weight excluding hydrogens is 300 g/mol. The molecule has 1 rings (SSSR count). The number of hydrogen-bond donors (Lipinski definition) is 2. The zero-order valence-corrected chi connectivity index (χ0v) is 14.0. The number of carbonyl (C=O) groups is 2. The van der Waals surface area contributed by atoms with Crippen molar-refractivity contribution in [3.05, 3.63) is 24.3 Å². The van der Waals surface area contributed by atoms with Gasteiger partial charge in [-0.3, -0.25) is 9.59 Å². The van der Waals surface area contributed by atoms with Gasteiger partial charge in [-0.25, -0.2) is 0 Å². The van der Waals surface area contributed by atoms with E-state index < -0.39 is 11.8 Å². The molecule has 0 bridgehead atoms. The van der Waals surface area contributed by atoms with Crippen molar-refractivity contribution < 1.29 is 14.3 Å². The van der Waals surface area contributed by atoms with Gasteiger partial charge in [-0.2, -0.15) is 0 Å². The highest BCUT2D eigenvalue weighted by Gasteiger charge is 2.12. The first-order valence-electron chi connectivity index (χ1n) is 7.48. The van der Waals surface area contributed by atoms with Gasteiger partial charge in [0.2, 0.25) is 0 Å². The SMILES string of the molecule is CCCCOCCCNC(=O)C(=O)Nc1cccc(SC)c1. The molecule has 0 aliphatic rings. The fraction of sp³-hybridized carbons (Fsp3) is 0.500. The smallest absolute Gasteiger partial charge is 0.313 e. The number of hydrogen-bond acceptors (Lipinski definition) is 4. The Balaban J connectivity index is 2.23. The second kappa shape index (κ2) is 11.1. The third-order valence-electron chi connectivity index (χ3n) is 2.93. The Kier molecular flexibility index (Phi) is 9.34. The number of unbranched alkanes of at least 4 members (excludes halogenated alkanes) is 1. The van der Waals surface area contributed by atoms with Crippen LogP contribution in [0.2, 0.25) is 0 Å². The van der Waals surface area contributed by atoms with Crippen LogP contribution >= 0.6 is 11.8 Å². The minimum Gasteiger partial charge on any atom is -0.381 e. The summed E-state index contributed by atoms with van der Waals surface area (Å²) in [5, 5.41) is 5.18. The lowest BCUT2D eigenvalue weighted by Crippen LogP contribution is -2.36. The van der Waals surface area contributed by atoms with Gasteiger partial charge in [-0.15, -0.1) is 11.8 Å². The van der Waals surface area contributed by atoms with E-state index in [9.17, 15) is 9.59 Å². The fourth-order valence-corrected chi connectivity index (χ4v) is 2.15. The molecule has 0 fully saturated rings. The molecule has 6 heteroatoms. The summed E-state index contributed by atoms with van der Waals surface area (Å²) in [5.74, 6) is -1.27. The van der Waals surface area contributed by atoms with E-state index in [1.165, 1.54) is 0 Å². The van der Waals surface area contributed by atoms with Crippen LogP contribution in [0.25, 0.3) is 0 Å². The van der Waals surface area contributed by atoms with Gasteiger partial charge in [0.15, 0.2) is 0 Å². The number of ether oxygens (including phenoxy) is 1. The Morgan fingerprint density at radius 3 is 2.68 bits per heavy atom. The molecule has 0 saturated heterocycles. The number of carbonyl (C=O) groups excluding carboxylic acids is 2. The molecule has 2 N–H and O–H groups in total. The second-order valence-electron chi connectivity index (χ2n) is 4.76. The molecule has 0 saturated carbocycles. The number of anilines is 1. The molecule has 5 nitrogen and oxygen atoms in total. The van der Waals surface area contributed by atoms with Crippen LogP contribution in [0.5, 0.6) is 0 Å². The van der Waals surface area contributed by atoms with Crippen LogP contribution in [0.1, 0.15) is 26.2 Å². The predicted octanol–water partition coefficient (Wildman–Crippen LogP) is 2.67. The van der Waals surface area contributed by atoms with Gasteiger partial charge < -0.3 is 15.4 Å². The van der Waals surface area contributed by atoms with Gasteiger partial charge in [-0.1, -0.05) is 19.4 Å². The van der Waals surface area contributed by atoms with Crippen molar-refractivity contribution in [3.8, 4) is 0 Å². The first-order valence-corrected chi connectivity index (χ1v) is 8.70. The minimum atomic E-state index is -0.648. The molecule has 0 atom stereocenters. The van der Waals surface area contributed by atoms with Crippen LogP contribution < -0.4 is 10.6 Å². The Bertz CT molecular complexity index is 480. The number of nitrogens with one attached hydrogen (secondary N) is 2. The maximum Gasteiger partial charge on any atom is 0.313 e. The van der Waals surface area contributed by atoms with E-state index in [1.54, 1.807) is 17.8 Å². The summed E-state index contributed by atoms with van der Waals surface area (Å²) in [6.45, 7) is 3.88. The van der Waals surface area contributed by atoms with Gasteiger partial charge >= 0.3 is 11.8 Å². The van der Waals surface area contributed by atoms with Gasteiger partial charge in [0, 0.05) is 30.3 Å². The van der Waals surface area contributed by atoms with Crippen molar-refractivity contribution in [1.29, 1.82) is 0 Å². The average Bonchev–Trinajstić information content (AvgIpc) is 2.54. The second-order valence-corrected chi connectivity index (χ2v) is 5.64. The summed E-state index contributed by atoms with van der Waals surface area (Å²) in [6, 6.07) is 7.37. The van der Waals surface area contributed by atoms with Gasteiger partial charge in [0.25, 0.3) is 0 Å². The highest BCUT2D eigenvalue weighted by Crippen LogP contribution is 2.18. The van der Waals surface area contributed by atoms with Gasteiger partial charge in [0.1, 0.15) is 0 Å². The normalized spacial score (nSPS) is 10.3. The van der Waals surface area contributed by atoms with Gasteiger partial charge in [-0.05, 0) is 37.3 Å². The molecule has 1 aromatic rings. The molecule has 0 unspecified atom stereocenters. The average molecular weight is 324 g/mol. The van der Waals surface area contributed by atoms with Crippen molar-refractivity contribution in [1.82, 2.24) is 5.32 Å². The summed E-state index contributed by atoms with van der Waals surface area (Å²) in [4.78, 5) is 24.5. The third kappa shape index (κ3) is 7.47. The first-order chi connectivity index (χ1) is 10.7. The van der Waals surface area contributed by atoms with Crippen molar-refractivity contribution in [2.75, 3.05) is 31.3 Å². The minimum absolute atomic E-state index is 0.434. The summed E-state index contributed by atoms with van der Waals surface area (Å²) in [6.07, 6.45) is 4.80. The molecular formula is C16H24N2O3S. The number of benzene rings is 1. The highest BCUT2D eigenvalue weighted by molar-refractivity contribution is 7.98. The van der Waals surface area contributed by atoms with Crippen LogP contribution in [0.15, 0.2) is 29.2 Å². The van der Waals surface area contributed by atoms with Crippen LogP contribution in [-0.2, 0) is 14.3 Å². The third-order valence-corrected chi connectivity index (χ3v) is 3.65. The summed E-state index contributed by atoms with van der Waals surface area (Å²) < 4.78 is 5.38. The van der Waals surface area contributed by atoms with E-state index in [2.05, 4.69) is 17.6 Å². The van der Waals surface area contributed by atoms with E-state index in [-0.39, 0.29) is 0 Å². The summed E-state index contributed by atoms with van der Waals surface area (Å²) in [7, 11) is 0. The number of thioether (sulfide) groups is 1. The highest BCUT2D eigenvalue weighted by atomic mass is 32.2. The molecule has 0 radical (unpaired) electrons. The molecule has 122 valence electrons. The number of amides is 2. The zero-order valence-electron chi connectivity index (χ0n) is 13.2. The molecule has 2 amide bonds. The largest absolute Gasteiger partial charge is 0.381 e. The van der Waals surface area contributed by atoms with Gasteiger partial charge in [0.05, 0.1) is 0 Å². The van der Waals surface area contributed by atoms with Crippen molar-refractivity contribution in [2.45, 2.75) is 31.1 Å². The monoisotopic (exact) mass is 324 g/mol. The van der Waals surface area contributed by atoms with Crippen molar-refractivity contribution in [3.63, 3.8) is 0 Å². The Hall–Kier alpha value is -1.53. The van der Waals surface area contributed by atoms with E-state index >= 15 is 0 Å². The first kappa shape index (κ1) is 18.5. The Morgan fingerprint density at radius 1 is 1.18 bits per heavy atom. The van der Waals surface area contributed by atoms with Crippen LogP contribution in [0, 0.1) is 0 Å². The molecule has 22 heavy (non-hydrogen) atoms. The van der Waals surface area contributed by atoms with E-state index in [0.717, 1.165) is 24.3 Å². The van der Waals surface area contributed by atoms with Crippen LogP contribution in [0.3, 0.4) is 0 Å². The number of rotatable bonds is 9. The maximum absolute atomic E-state index is 11.8. The quantitative estimate of drug-likeness (QED) is 0.416. The Morgan fingerprint density at radius 2 is 1.95 bits per heavy atom. The van der Waals surface area contributed by atoms with Crippen LogP contribution in [0.4, 0.5) is 5.69 Å². The standard InChI is InChI=1S/C16H24N2O3S/c1-3-4-10-21-11-6-9-17-15(19)16(20)18-13-7-5-8-14(12-13)22-2/h5,7-8,12H,3-4,6,9-11H2,1-2H3,(H,17,19)(H,18,20). The summed E-state index contributed by atoms with van der Waals surface area (Å²) >= 11 is 1.58. The van der Waals surface area contributed by atoms with E-state index in [1.807, 2.05) is 24.5 Å². The molecule has 0 aromatic heterocycles. The zero-order chi connectivity index (χ0) is 16.2. The maximum atomic E-state index is 11.8. The molecule has 1 aromatic carbocycles. The molecule has 0 aliphatic heterocycles.